The van der Waals surface area contributed by atoms with E-state index in [1.54, 1.807) is 18.3 Å². The normalized spacial score (nSPS) is 11.2. The third-order valence-electron chi connectivity index (χ3n) is 4.27. The van der Waals surface area contributed by atoms with Crippen LogP contribution in [0.25, 0.3) is 10.8 Å². The SMILES string of the molecule is CC(C)CCOc1ccc(C(=O)NN=Cc2cccc3ccccc23)cc1. The van der Waals surface area contributed by atoms with Gasteiger partial charge in [-0.1, -0.05) is 56.3 Å². The van der Waals surface area contributed by atoms with Crippen molar-refractivity contribution in [1.82, 2.24) is 5.43 Å². The maximum absolute atomic E-state index is 12.2. The summed E-state index contributed by atoms with van der Waals surface area (Å²) in [7, 11) is 0. The number of hydrogen-bond donors (Lipinski definition) is 1. The third-order valence-corrected chi connectivity index (χ3v) is 4.27. The minimum Gasteiger partial charge on any atom is -0.494 e. The van der Waals surface area contributed by atoms with Gasteiger partial charge in [0.25, 0.3) is 5.91 Å². The molecule has 0 unspecified atom stereocenters. The van der Waals surface area contributed by atoms with Gasteiger partial charge in [-0.3, -0.25) is 4.79 Å². The van der Waals surface area contributed by atoms with Crippen molar-refractivity contribution in [1.29, 1.82) is 0 Å². The molecule has 0 saturated heterocycles. The van der Waals surface area contributed by atoms with Crippen LogP contribution in [0.2, 0.25) is 0 Å². The van der Waals surface area contributed by atoms with E-state index in [0.29, 0.717) is 18.1 Å². The predicted molar refractivity (Wildman–Crippen MR) is 110 cm³/mol. The van der Waals surface area contributed by atoms with Crippen LogP contribution in [-0.4, -0.2) is 18.7 Å². The lowest BCUT2D eigenvalue weighted by Gasteiger charge is -2.08. The first-order chi connectivity index (χ1) is 13.1. The standard InChI is InChI=1S/C23H24N2O2/c1-17(2)14-15-27-21-12-10-19(11-13-21)23(26)25-24-16-20-8-5-7-18-6-3-4-9-22(18)20/h3-13,16-17H,14-15H2,1-2H3,(H,25,26). The van der Waals surface area contributed by atoms with Crippen LogP contribution < -0.4 is 10.2 Å². The van der Waals surface area contributed by atoms with Crippen molar-refractivity contribution in [3.63, 3.8) is 0 Å². The molecule has 3 aromatic carbocycles. The van der Waals surface area contributed by atoms with Gasteiger partial charge in [0.1, 0.15) is 5.75 Å². The van der Waals surface area contributed by atoms with Crippen molar-refractivity contribution in [3.8, 4) is 5.75 Å². The molecule has 0 heterocycles. The van der Waals surface area contributed by atoms with E-state index in [0.717, 1.165) is 28.5 Å². The average molecular weight is 360 g/mol. The van der Waals surface area contributed by atoms with Gasteiger partial charge in [-0.15, -0.1) is 0 Å². The molecule has 3 rings (SSSR count). The lowest BCUT2D eigenvalue weighted by atomic mass is 10.1. The van der Waals surface area contributed by atoms with Gasteiger partial charge in [0.05, 0.1) is 12.8 Å². The Morgan fingerprint density at radius 1 is 1.04 bits per heavy atom. The summed E-state index contributed by atoms with van der Waals surface area (Å²) in [6.45, 7) is 5.00. The summed E-state index contributed by atoms with van der Waals surface area (Å²) in [6.07, 6.45) is 2.68. The molecule has 0 radical (unpaired) electrons. The number of fused-ring (bicyclic) bond motifs is 1. The number of nitrogens with zero attached hydrogens (tertiary/aromatic N) is 1. The molecule has 0 bridgehead atoms. The highest BCUT2D eigenvalue weighted by molar-refractivity contribution is 6.00. The first kappa shape index (κ1) is 18.6. The van der Waals surface area contributed by atoms with E-state index in [2.05, 4.69) is 36.5 Å². The third kappa shape index (κ3) is 5.17. The maximum Gasteiger partial charge on any atom is 0.271 e. The number of rotatable bonds is 7. The Bertz CT molecular complexity index is 925. The zero-order chi connectivity index (χ0) is 19.1. The molecule has 4 nitrogen and oxygen atoms in total. The lowest BCUT2D eigenvalue weighted by Crippen LogP contribution is -2.17. The highest BCUT2D eigenvalue weighted by Gasteiger charge is 2.05. The summed E-state index contributed by atoms with van der Waals surface area (Å²) >= 11 is 0. The second kappa shape index (κ2) is 8.99. The van der Waals surface area contributed by atoms with E-state index in [9.17, 15) is 4.79 Å². The van der Waals surface area contributed by atoms with Crippen LogP contribution in [0.4, 0.5) is 0 Å². The highest BCUT2D eigenvalue weighted by atomic mass is 16.5. The number of amides is 1. The van der Waals surface area contributed by atoms with Crippen LogP contribution in [0.5, 0.6) is 5.75 Å². The predicted octanol–water partition coefficient (Wildman–Crippen LogP) is 5.03. The van der Waals surface area contributed by atoms with Crippen LogP contribution in [0, 0.1) is 5.92 Å². The number of hydrogen-bond acceptors (Lipinski definition) is 3. The van der Waals surface area contributed by atoms with Crippen molar-refractivity contribution >= 4 is 22.9 Å². The Balaban J connectivity index is 1.59. The summed E-state index contributed by atoms with van der Waals surface area (Å²) in [4.78, 5) is 12.2. The highest BCUT2D eigenvalue weighted by Crippen LogP contribution is 2.17. The molecule has 0 fully saturated rings. The van der Waals surface area contributed by atoms with E-state index in [-0.39, 0.29) is 5.91 Å². The number of ether oxygens (including phenoxy) is 1. The Labute approximate surface area is 159 Å². The Kier molecular flexibility index (Phi) is 6.21. The molecule has 1 amide bonds. The lowest BCUT2D eigenvalue weighted by molar-refractivity contribution is 0.0955. The van der Waals surface area contributed by atoms with Crippen LogP contribution in [0.1, 0.15) is 36.2 Å². The second-order valence-electron chi connectivity index (χ2n) is 6.82. The minimum absolute atomic E-state index is 0.250. The van der Waals surface area contributed by atoms with Gasteiger partial charge in [0, 0.05) is 11.1 Å². The molecule has 0 spiro atoms. The zero-order valence-corrected chi connectivity index (χ0v) is 15.7. The van der Waals surface area contributed by atoms with E-state index < -0.39 is 0 Å². The molecule has 0 saturated carbocycles. The molecule has 4 heteroatoms. The second-order valence-corrected chi connectivity index (χ2v) is 6.82. The molecular formula is C23H24N2O2. The van der Waals surface area contributed by atoms with Crippen LogP contribution in [0.3, 0.4) is 0 Å². The summed E-state index contributed by atoms with van der Waals surface area (Å²) in [5, 5.41) is 6.34. The Morgan fingerprint density at radius 3 is 2.56 bits per heavy atom. The molecule has 27 heavy (non-hydrogen) atoms. The van der Waals surface area contributed by atoms with E-state index in [4.69, 9.17) is 4.74 Å². The summed E-state index contributed by atoms with van der Waals surface area (Å²) in [5.41, 5.74) is 4.08. The first-order valence-electron chi connectivity index (χ1n) is 9.17. The van der Waals surface area contributed by atoms with Crippen molar-refractivity contribution in [3.05, 3.63) is 77.9 Å². The first-order valence-corrected chi connectivity index (χ1v) is 9.17. The van der Waals surface area contributed by atoms with E-state index in [1.807, 2.05) is 42.5 Å². The number of nitrogens with one attached hydrogen (secondary N) is 1. The van der Waals surface area contributed by atoms with Gasteiger partial charge in [0.2, 0.25) is 0 Å². The van der Waals surface area contributed by atoms with Gasteiger partial charge >= 0.3 is 0 Å². The molecule has 0 aromatic heterocycles. The van der Waals surface area contributed by atoms with Crippen molar-refractivity contribution < 1.29 is 9.53 Å². The molecule has 0 aliphatic carbocycles. The minimum atomic E-state index is -0.250. The van der Waals surface area contributed by atoms with Crippen LogP contribution in [0.15, 0.2) is 71.8 Å². The van der Waals surface area contributed by atoms with Crippen molar-refractivity contribution in [2.75, 3.05) is 6.61 Å². The fourth-order valence-corrected chi connectivity index (χ4v) is 2.70. The molecule has 0 aliphatic rings. The summed E-state index contributed by atoms with van der Waals surface area (Å²) in [6, 6.07) is 21.2. The van der Waals surface area contributed by atoms with Gasteiger partial charge < -0.3 is 4.74 Å². The number of hydrazone groups is 1. The molecule has 0 atom stereocenters. The van der Waals surface area contributed by atoms with E-state index in [1.165, 1.54) is 0 Å². The zero-order valence-electron chi connectivity index (χ0n) is 15.7. The topological polar surface area (TPSA) is 50.7 Å². The number of benzene rings is 3. The Morgan fingerprint density at radius 2 is 1.78 bits per heavy atom. The summed E-state index contributed by atoms with van der Waals surface area (Å²) in [5.74, 6) is 1.13. The molecule has 0 aliphatic heterocycles. The largest absolute Gasteiger partial charge is 0.494 e. The van der Waals surface area contributed by atoms with Gasteiger partial charge in [-0.2, -0.15) is 5.10 Å². The van der Waals surface area contributed by atoms with Crippen LogP contribution >= 0.6 is 0 Å². The molecule has 3 aromatic rings. The van der Waals surface area contributed by atoms with Crippen LogP contribution in [-0.2, 0) is 0 Å². The van der Waals surface area contributed by atoms with Crippen molar-refractivity contribution in [2.45, 2.75) is 20.3 Å². The maximum atomic E-state index is 12.2. The van der Waals surface area contributed by atoms with Gasteiger partial charge in [-0.25, -0.2) is 5.43 Å². The average Bonchev–Trinajstić information content (AvgIpc) is 2.68. The van der Waals surface area contributed by atoms with Gasteiger partial charge in [-0.05, 0) is 47.4 Å². The van der Waals surface area contributed by atoms with Crippen molar-refractivity contribution in [2.24, 2.45) is 11.0 Å². The summed E-state index contributed by atoms with van der Waals surface area (Å²) < 4.78 is 5.67. The van der Waals surface area contributed by atoms with Gasteiger partial charge in [0.15, 0.2) is 0 Å². The number of carbonyl (C=O) groups is 1. The quantitative estimate of drug-likeness (QED) is 0.475. The fourth-order valence-electron chi connectivity index (χ4n) is 2.70. The fraction of sp³-hybridized carbons (Fsp3) is 0.217. The molecular weight excluding hydrogens is 336 g/mol. The molecule has 1 N–H and O–H groups in total. The van der Waals surface area contributed by atoms with E-state index >= 15 is 0 Å². The number of carbonyl (C=O) groups excluding carboxylic acids is 1. The Hall–Kier alpha value is -3.14. The smallest absolute Gasteiger partial charge is 0.271 e. The monoisotopic (exact) mass is 360 g/mol. The molecule has 138 valence electrons.